The minimum atomic E-state index is -0.430. The highest BCUT2D eigenvalue weighted by Gasteiger charge is 2.23. The molecule has 1 aliphatic rings. The lowest BCUT2D eigenvalue weighted by Gasteiger charge is -2.32. The summed E-state index contributed by atoms with van der Waals surface area (Å²) >= 11 is 3.10. The van der Waals surface area contributed by atoms with Gasteiger partial charge < -0.3 is 9.69 Å². The number of nitriles is 1. The Morgan fingerprint density at radius 3 is 3.00 bits per heavy atom. The van der Waals surface area contributed by atoms with Gasteiger partial charge in [-0.05, 0) is 40.9 Å². The number of benzene rings is 1. The molecule has 1 aliphatic heterocycles. The normalized spacial score (nSPS) is 19.4. The van der Waals surface area contributed by atoms with Crippen molar-refractivity contribution in [1.82, 2.24) is 0 Å². The SMILES string of the molecule is N#Cc1ccc(N2CCCC(C=O)C2)c(F)c1Br. The summed E-state index contributed by atoms with van der Waals surface area (Å²) in [6.07, 6.45) is 2.67. The Balaban J connectivity index is 2.31. The van der Waals surface area contributed by atoms with Gasteiger partial charge in [0.05, 0.1) is 15.7 Å². The first-order chi connectivity index (χ1) is 8.67. The molecule has 0 N–H and O–H groups in total. The second-order valence-electron chi connectivity index (χ2n) is 4.36. The number of aldehydes is 1. The lowest BCUT2D eigenvalue weighted by Crippen LogP contribution is -2.36. The van der Waals surface area contributed by atoms with Crippen LogP contribution >= 0.6 is 15.9 Å². The van der Waals surface area contributed by atoms with Crippen LogP contribution in [0.15, 0.2) is 16.6 Å². The average Bonchev–Trinajstić information content (AvgIpc) is 2.42. The number of rotatable bonds is 2. The number of hydrogen-bond acceptors (Lipinski definition) is 3. The number of hydrogen-bond donors (Lipinski definition) is 0. The van der Waals surface area contributed by atoms with Crippen LogP contribution in [0.5, 0.6) is 0 Å². The van der Waals surface area contributed by atoms with E-state index in [0.717, 1.165) is 25.7 Å². The van der Waals surface area contributed by atoms with E-state index < -0.39 is 5.82 Å². The fraction of sp³-hybridized carbons (Fsp3) is 0.385. The van der Waals surface area contributed by atoms with E-state index >= 15 is 0 Å². The summed E-state index contributed by atoms with van der Waals surface area (Å²) in [6, 6.07) is 5.12. The standard InChI is InChI=1S/C13H12BrFN2O/c14-12-10(6-16)3-4-11(13(12)15)17-5-1-2-9(7-17)8-18/h3-4,8-9H,1-2,5,7H2. The molecule has 1 fully saturated rings. The van der Waals surface area contributed by atoms with Gasteiger partial charge in [-0.1, -0.05) is 0 Å². The molecular weight excluding hydrogens is 299 g/mol. The van der Waals surface area contributed by atoms with Gasteiger partial charge in [-0.3, -0.25) is 0 Å². The molecule has 94 valence electrons. The number of nitrogens with zero attached hydrogens (tertiary/aromatic N) is 2. The third kappa shape index (κ3) is 2.39. The number of carbonyl (C=O) groups is 1. The number of halogens is 2. The molecular formula is C13H12BrFN2O. The van der Waals surface area contributed by atoms with E-state index in [0.29, 0.717) is 12.2 Å². The molecule has 1 heterocycles. The summed E-state index contributed by atoms with van der Waals surface area (Å²) in [5, 5.41) is 8.82. The van der Waals surface area contributed by atoms with Crippen molar-refractivity contribution in [1.29, 1.82) is 5.26 Å². The molecule has 2 rings (SSSR count). The fourth-order valence-electron chi connectivity index (χ4n) is 2.21. The van der Waals surface area contributed by atoms with E-state index in [9.17, 15) is 9.18 Å². The highest BCUT2D eigenvalue weighted by molar-refractivity contribution is 9.10. The van der Waals surface area contributed by atoms with E-state index in [-0.39, 0.29) is 16.0 Å². The van der Waals surface area contributed by atoms with E-state index in [2.05, 4.69) is 15.9 Å². The molecule has 0 radical (unpaired) electrons. The van der Waals surface area contributed by atoms with E-state index in [4.69, 9.17) is 5.26 Å². The van der Waals surface area contributed by atoms with Gasteiger partial charge in [-0.2, -0.15) is 5.26 Å². The number of piperidine rings is 1. The van der Waals surface area contributed by atoms with Gasteiger partial charge in [0.25, 0.3) is 0 Å². The Morgan fingerprint density at radius 2 is 2.33 bits per heavy atom. The summed E-state index contributed by atoms with van der Waals surface area (Å²) in [6.45, 7) is 1.28. The van der Waals surface area contributed by atoms with Crippen LogP contribution in [-0.2, 0) is 4.79 Å². The van der Waals surface area contributed by atoms with Gasteiger partial charge in [0.15, 0.2) is 5.82 Å². The maximum Gasteiger partial charge on any atom is 0.161 e. The highest BCUT2D eigenvalue weighted by atomic mass is 79.9. The van der Waals surface area contributed by atoms with Crippen molar-refractivity contribution in [3.05, 3.63) is 28.0 Å². The Kier molecular flexibility index (Phi) is 3.97. The van der Waals surface area contributed by atoms with E-state index in [1.54, 1.807) is 12.1 Å². The zero-order valence-electron chi connectivity index (χ0n) is 9.70. The summed E-state index contributed by atoms with van der Waals surface area (Å²) in [5.74, 6) is -0.465. The summed E-state index contributed by atoms with van der Waals surface area (Å²) in [7, 11) is 0. The summed E-state index contributed by atoms with van der Waals surface area (Å²) < 4.78 is 14.3. The lowest BCUT2D eigenvalue weighted by atomic mass is 9.99. The van der Waals surface area contributed by atoms with Gasteiger partial charge in [0.2, 0.25) is 0 Å². The maximum absolute atomic E-state index is 14.1. The van der Waals surface area contributed by atoms with Crippen LogP contribution in [0.4, 0.5) is 10.1 Å². The smallest absolute Gasteiger partial charge is 0.161 e. The summed E-state index contributed by atoms with van der Waals surface area (Å²) in [4.78, 5) is 12.7. The molecule has 0 saturated carbocycles. The van der Waals surface area contributed by atoms with Crippen molar-refractivity contribution < 1.29 is 9.18 Å². The molecule has 18 heavy (non-hydrogen) atoms. The van der Waals surface area contributed by atoms with E-state index in [1.807, 2.05) is 11.0 Å². The predicted molar refractivity (Wildman–Crippen MR) is 69.8 cm³/mol. The van der Waals surface area contributed by atoms with Crippen LogP contribution in [0.1, 0.15) is 18.4 Å². The molecule has 0 amide bonds. The molecule has 1 aromatic carbocycles. The van der Waals surface area contributed by atoms with Gasteiger partial charge in [0.1, 0.15) is 12.4 Å². The zero-order chi connectivity index (χ0) is 13.1. The van der Waals surface area contributed by atoms with Crippen LogP contribution in [-0.4, -0.2) is 19.4 Å². The molecule has 5 heteroatoms. The molecule has 0 aromatic heterocycles. The topological polar surface area (TPSA) is 44.1 Å². The Bertz CT molecular complexity index is 512. The molecule has 1 aromatic rings. The molecule has 3 nitrogen and oxygen atoms in total. The van der Waals surface area contributed by atoms with E-state index in [1.165, 1.54) is 0 Å². The van der Waals surface area contributed by atoms with Crippen LogP contribution in [0.25, 0.3) is 0 Å². The lowest BCUT2D eigenvalue weighted by molar-refractivity contribution is -0.111. The first kappa shape index (κ1) is 13.0. The average molecular weight is 311 g/mol. The molecule has 0 bridgehead atoms. The molecule has 1 unspecified atom stereocenters. The van der Waals surface area contributed by atoms with Crippen molar-refractivity contribution >= 4 is 27.9 Å². The first-order valence-corrected chi connectivity index (χ1v) is 6.55. The molecule has 0 spiro atoms. The second-order valence-corrected chi connectivity index (χ2v) is 5.15. The van der Waals surface area contributed by atoms with Gasteiger partial charge in [0, 0.05) is 19.0 Å². The largest absolute Gasteiger partial charge is 0.368 e. The quantitative estimate of drug-likeness (QED) is 0.789. The number of anilines is 1. The first-order valence-electron chi connectivity index (χ1n) is 5.75. The fourth-order valence-corrected chi connectivity index (χ4v) is 2.63. The van der Waals surface area contributed by atoms with Crippen LogP contribution in [0.3, 0.4) is 0 Å². The third-order valence-corrected chi connectivity index (χ3v) is 3.95. The minimum absolute atomic E-state index is 0.0347. The van der Waals surface area contributed by atoms with Crippen LogP contribution in [0.2, 0.25) is 0 Å². The predicted octanol–water partition coefficient (Wildman–Crippen LogP) is 2.88. The monoisotopic (exact) mass is 310 g/mol. The van der Waals surface area contributed by atoms with Crippen LogP contribution in [0, 0.1) is 23.1 Å². The van der Waals surface area contributed by atoms with Crippen molar-refractivity contribution in [2.45, 2.75) is 12.8 Å². The van der Waals surface area contributed by atoms with Crippen molar-refractivity contribution in [3.63, 3.8) is 0 Å². The Morgan fingerprint density at radius 1 is 1.56 bits per heavy atom. The highest BCUT2D eigenvalue weighted by Crippen LogP contribution is 2.31. The van der Waals surface area contributed by atoms with Gasteiger partial charge >= 0.3 is 0 Å². The zero-order valence-corrected chi connectivity index (χ0v) is 11.3. The molecule has 0 aliphatic carbocycles. The van der Waals surface area contributed by atoms with Crippen molar-refractivity contribution in [3.8, 4) is 6.07 Å². The minimum Gasteiger partial charge on any atom is -0.368 e. The summed E-state index contributed by atoms with van der Waals surface area (Å²) in [5.41, 5.74) is 0.729. The third-order valence-electron chi connectivity index (χ3n) is 3.17. The van der Waals surface area contributed by atoms with Gasteiger partial charge in [-0.15, -0.1) is 0 Å². The van der Waals surface area contributed by atoms with Crippen LogP contribution < -0.4 is 4.90 Å². The Labute approximate surface area is 113 Å². The van der Waals surface area contributed by atoms with Crippen molar-refractivity contribution in [2.24, 2.45) is 5.92 Å². The molecule has 1 atom stereocenters. The van der Waals surface area contributed by atoms with Gasteiger partial charge in [-0.25, -0.2) is 4.39 Å². The second kappa shape index (κ2) is 5.49. The van der Waals surface area contributed by atoms with Crippen molar-refractivity contribution in [2.75, 3.05) is 18.0 Å². The Hall–Kier alpha value is -1.41. The molecule has 1 saturated heterocycles. The maximum atomic E-state index is 14.1. The number of carbonyl (C=O) groups excluding carboxylic acids is 1.